The second-order valence-corrected chi connectivity index (χ2v) is 4.76. The Hall–Kier alpha value is -1.29. The molecule has 0 amide bonds. The molecule has 100 valence electrons. The molecule has 0 saturated heterocycles. The van der Waals surface area contributed by atoms with Crippen LogP contribution in [0.5, 0.6) is 5.75 Å². The zero-order valence-corrected chi connectivity index (χ0v) is 11.4. The Labute approximate surface area is 120 Å². The lowest BCUT2D eigenvalue weighted by Gasteiger charge is -2.10. The molecule has 0 aromatic heterocycles. The van der Waals surface area contributed by atoms with Crippen molar-refractivity contribution in [3.05, 3.63) is 63.4 Å². The van der Waals surface area contributed by atoms with Crippen molar-refractivity contribution >= 4 is 23.2 Å². The molecule has 2 aromatic rings. The fraction of sp³-hybridized carbons (Fsp3) is 0.143. The van der Waals surface area contributed by atoms with Crippen LogP contribution in [-0.4, -0.2) is 5.11 Å². The summed E-state index contributed by atoms with van der Waals surface area (Å²) >= 11 is 11.7. The number of rotatable bonds is 4. The van der Waals surface area contributed by atoms with Crippen molar-refractivity contribution in [3.8, 4) is 5.75 Å². The number of halogens is 3. The summed E-state index contributed by atoms with van der Waals surface area (Å²) in [6.45, 7) is -0.0238. The molecule has 0 heterocycles. The minimum absolute atomic E-state index is 0.259. The van der Waals surface area contributed by atoms with Gasteiger partial charge in [-0.2, -0.15) is 0 Å². The predicted octanol–water partition coefficient (Wildman–Crippen LogP) is 4.20. The van der Waals surface area contributed by atoms with E-state index in [-0.39, 0.29) is 13.2 Å². The molecule has 2 rings (SSSR count). The monoisotopic (exact) mass is 300 g/mol. The highest BCUT2D eigenvalue weighted by Gasteiger charge is 2.06. The fourth-order valence-corrected chi connectivity index (χ4v) is 1.92. The number of aliphatic hydroxyl groups excluding tert-OH is 1. The van der Waals surface area contributed by atoms with Gasteiger partial charge in [-0.25, -0.2) is 4.39 Å². The quantitative estimate of drug-likeness (QED) is 0.917. The third kappa shape index (κ3) is 3.60. The van der Waals surface area contributed by atoms with Crippen molar-refractivity contribution in [1.82, 2.24) is 0 Å². The average Bonchev–Trinajstić information content (AvgIpc) is 2.41. The van der Waals surface area contributed by atoms with E-state index in [9.17, 15) is 4.39 Å². The Morgan fingerprint density at radius 3 is 2.53 bits per heavy atom. The van der Waals surface area contributed by atoms with Gasteiger partial charge in [-0.3, -0.25) is 0 Å². The molecule has 0 saturated carbocycles. The number of hydrogen-bond acceptors (Lipinski definition) is 2. The van der Waals surface area contributed by atoms with Crippen LogP contribution in [0.1, 0.15) is 11.1 Å². The van der Waals surface area contributed by atoms with Gasteiger partial charge in [0, 0.05) is 5.56 Å². The summed E-state index contributed by atoms with van der Waals surface area (Å²) in [5.41, 5.74) is 1.24. The Balaban J connectivity index is 2.12. The fourth-order valence-electron chi connectivity index (χ4n) is 1.60. The van der Waals surface area contributed by atoms with Gasteiger partial charge in [0.15, 0.2) is 0 Å². The number of benzene rings is 2. The van der Waals surface area contributed by atoms with Gasteiger partial charge in [0.1, 0.15) is 18.2 Å². The number of ether oxygens (including phenoxy) is 1. The number of hydrogen-bond donors (Lipinski definition) is 1. The highest BCUT2D eigenvalue weighted by atomic mass is 35.5. The second-order valence-electron chi connectivity index (χ2n) is 3.95. The van der Waals surface area contributed by atoms with Crippen LogP contribution in [-0.2, 0) is 13.2 Å². The molecule has 2 aromatic carbocycles. The van der Waals surface area contributed by atoms with E-state index in [0.29, 0.717) is 21.4 Å². The van der Waals surface area contributed by atoms with Gasteiger partial charge < -0.3 is 9.84 Å². The third-order valence-corrected chi connectivity index (χ3v) is 3.31. The third-order valence-electron chi connectivity index (χ3n) is 2.57. The van der Waals surface area contributed by atoms with E-state index in [2.05, 4.69) is 0 Å². The molecule has 2 nitrogen and oxygen atoms in total. The molecule has 0 fully saturated rings. The summed E-state index contributed by atoms with van der Waals surface area (Å²) in [4.78, 5) is 0. The van der Waals surface area contributed by atoms with Gasteiger partial charge in [0.25, 0.3) is 0 Å². The topological polar surface area (TPSA) is 29.5 Å². The summed E-state index contributed by atoms with van der Waals surface area (Å²) in [7, 11) is 0. The smallest absolute Gasteiger partial charge is 0.125 e. The van der Waals surface area contributed by atoms with Crippen molar-refractivity contribution in [3.63, 3.8) is 0 Å². The standard InChI is InChI=1S/C14H11Cl2FO2/c15-12-3-1-9(5-13(12)16)8-19-14-4-2-11(17)6-10(14)7-18/h1-6,18H,7-8H2. The van der Waals surface area contributed by atoms with E-state index in [4.69, 9.17) is 33.0 Å². The van der Waals surface area contributed by atoms with E-state index < -0.39 is 5.82 Å². The zero-order chi connectivity index (χ0) is 13.8. The molecular weight excluding hydrogens is 290 g/mol. The van der Waals surface area contributed by atoms with Crippen molar-refractivity contribution in [2.45, 2.75) is 13.2 Å². The van der Waals surface area contributed by atoms with Crippen molar-refractivity contribution in [2.24, 2.45) is 0 Å². The molecule has 5 heteroatoms. The Morgan fingerprint density at radius 2 is 1.84 bits per heavy atom. The van der Waals surface area contributed by atoms with Gasteiger partial charge in [-0.15, -0.1) is 0 Å². The summed E-state index contributed by atoms with van der Waals surface area (Å²) in [6.07, 6.45) is 0. The van der Waals surface area contributed by atoms with E-state index in [0.717, 1.165) is 5.56 Å². The maximum absolute atomic E-state index is 13.0. The Morgan fingerprint density at radius 1 is 1.05 bits per heavy atom. The summed E-state index contributed by atoms with van der Waals surface area (Å²) in [5.74, 6) is 0.0286. The maximum Gasteiger partial charge on any atom is 0.125 e. The predicted molar refractivity (Wildman–Crippen MR) is 73.1 cm³/mol. The highest BCUT2D eigenvalue weighted by molar-refractivity contribution is 6.42. The first-order valence-electron chi connectivity index (χ1n) is 5.56. The van der Waals surface area contributed by atoms with E-state index in [1.807, 2.05) is 0 Å². The molecule has 0 aliphatic rings. The molecule has 0 bridgehead atoms. The van der Waals surface area contributed by atoms with E-state index >= 15 is 0 Å². The molecule has 0 radical (unpaired) electrons. The van der Waals surface area contributed by atoms with Crippen LogP contribution in [0, 0.1) is 5.82 Å². The van der Waals surface area contributed by atoms with Crippen LogP contribution in [0.15, 0.2) is 36.4 Å². The lowest BCUT2D eigenvalue weighted by Crippen LogP contribution is -1.99. The first kappa shape index (κ1) is 14.1. The molecule has 0 atom stereocenters. The van der Waals surface area contributed by atoms with Crippen molar-refractivity contribution < 1.29 is 14.2 Å². The molecule has 0 aliphatic carbocycles. The lowest BCUT2D eigenvalue weighted by molar-refractivity contribution is 0.258. The minimum Gasteiger partial charge on any atom is -0.489 e. The van der Waals surface area contributed by atoms with Gasteiger partial charge in [0.05, 0.1) is 16.7 Å². The minimum atomic E-state index is -0.411. The van der Waals surface area contributed by atoms with Crippen molar-refractivity contribution in [2.75, 3.05) is 0 Å². The van der Waals surface area contributed by atoms with Crippen molar-refractivity contribution in [1.29, 1.82) is 0 Å². The van der Waals surface area contributed by atoms with Gasteiger partial charge in [-0.05, 0) is 35.9 Å². The van der Waals surface area contributed by atoms with E-state index in [1.165, 1.54) is 18.2 Å². The van der Waals surface area contributed by atoms with Crippen LogP contribution in [0.3, 0.4) is 0 Å². The van der Waals surface area contributed by atoms with Crippen LogP contribution >= 0.6 is 23.2 Å². The summed E-state index contributed by atoms with van der Waals surface area (Å²) in [6, 6.07) is 9.18. The van der Waals surface area contributed by atoms with Gasteiger partial charge in [0.2, 0.25) is 0 Å². The lowest BCUT2D eigenvalue weighted by atomic mass is 10.2. The average molecular weight is 301 g/mol. The highest BCUT2D eigenvalue weighted by Crippen LogP contribution is 2.25. The van der Waals surface area contributed by atoms with Crippen LogP contribution in [0.4, 0.5) is 4.39 Å². The molecule has 0 spiro atoms. The molecule has 0 aliphatic heterocycles. The SMILES string of the molecule is OCc1cc(F)ccc1OCc1ccc(Cl)c(Cl)c1. The molecule has 0 unspecified atom stereocenters. The van der Waals surface area contributed by atoms with Crippen LogP contribution in [0.25, 0.3) is 0 Å². The van der Waals surface area contributed by atoms with Gasteiger partial charge >= 0.3 is 0 Å². The summed E-state index contributed by atoms with van der Waals surface area (Å²) in [5, 5.41) is 10.1. The second kappa shape index (κ2) is 6.24. The Kier molecular flexibility index (Phi) is 4.64. The van der Waals surface area contributed by atoms with Crippen LogP contribution in [0.2, 0.25) is 10.0 Å². The first-order valence-corrected chi connectivity index (χ1v) is 6.32. The van der Waals surface area contributed by atoms with Crippen LogP contribution < -0.4 is 4.74 Å². The largest absolute Gasteiger partial charge is 0.489 e. The van der Waals surface area contributed by atoms with E-state index in [1.54, 1.807) is 18.2 Å². The normalized spacial score (nSPS) is 10.5. The summed E-state index contributed by atoms with van der Waals surface area (Å²) < 4.78 is 18.5. The number of aliphatic hydroxyl groups is 1. The molecular formula is C14H11Cl2FO2. The molecule has 19 heavy (non-hydrogen) atoms. The zero-order valence-electron chi connectivity index (χ0n) is 9.87. The van der Waals surface area contributed by atoms with Gasteiger partial charge in [-0.1, -0.05) is 29.3 Å². The first-order chi connectivity index (χ1) is 9.10. The molecule has 1 N–H and O–H groups in total. The maximum atomic E-state index is 13.0. The Bertz CT molecular complexity index is 588.